The molecule has 1 aromatic heterocycles. The zero-order valence-electron chi connectivity index (χ0n) is 19.6. The third kappa shape index (κ3) is 4.89. The van der Waals surface area contributed by atoms with E-state index in [-0.39, 0.29) is 11.8 Å². The minimum absolute atomic E-state index is 0.157. The second-order valence-corrected chi connectivity index (χ2v) is 8.83. The fourth-order valence-electron chi connectivity index (χ4n) is 4.71. The number of carbonyl (C=O) groups is 1. The topological polar surface area (TPSA) is 61.8 Å². The van der Waals surface area contributed by atoms with E-state index < -0.39 is 0 Å². The molecule has 0 spiro atoms. The molecule has 3 heterocycles. The summed E-state index contributed by atoms with van der Waals surface area (Å²) in [5.41, 5.74) is 3.02. The van der Waals surface area contributed by atoms with E-state index in [4.69, 9.17) is 9.72 Å². The molecule has 0 radical (unpaired) electrons. The molecular formula is C27H31N5O2. The Labute approximate surface area is 201 Å². The highest BCUT2D eigenvalue weighted by Gasteiger charge is 2.30. The van der Waals surface area contributed by atoms with Crippen molar-refractivity contribution in [3.63, 3.8) is 0 Å². The minimum Gasteiger partial charge on any atom is -0.378 e. The second kappa shape index (κ2) is 10.2. The predicted molar refractivity (Wildman–Crippen MR) is 133 cm³/mol. The summed E-state index contributed by atoms with van der Waals surface area (Å²) in [6, 6.07) is 22.2. The van der Waals surface area contributed by atoms with Gasteiger partial charge in [-0.25, -0.2) is 4.98 Å². The number of aromatic nitrogens is 2. The fourth-order valence-corrected chi connectivity index (χ4v) is 4.71. The van der Waals surface area contributed by atoms with E-state index in [1.807, 2.05) is 78.6 Å². The summed E-state index contributed by atoms with van der Waals surface area (Å²) in [5, 5.41) is 0. The highest BCUT2D eigenvalue weighted by Crippen LogP contribution is 2.28. The van der Waals surface area contributed by atoms with Crippen molar-refractivity contribution in [2.75, 3.05) is 62.3 Å². The van der Waals surface area contributed by atoms with Crippen LogP contribution in [0.4, 0.5) is 11.8 Å². The number of piperazine rings is 1. The van der Waals surface area contributed by atoms with E-state index in [2.05, 4.69) is 14.8 Å². The highest BCUT2D eigenvalue weighted by molar-refractivity contribution is 5.87. The molecule has 2 saturated heterocycles. The molecule has 2 aromatic carbocycles. The standard InChI is InChI=1S/C27H31N5O2/c1-21-20-24(29-27(28-21)32-16-18-34-19-17-32)30-12-14-31(15-13-30)26(33)25(22-8-4-2-5-9-22)23-10-6-3-7-11-23/h2-11,20,25H,12-19H2,1H3. The van der Waals surface area contributed by atoms with Crippen LogP contribution in [0.25, 0.3) is 0 Å². The Bertz CT molecular complexity index is 1060. The van der Waals surface area contributed by atoms with Gasteiger partial charge in [-0.1, -0.05) is 60.7 Å². The van der Waals surface area contributed by atoms with E-state index in [1.165, 1.54) is 0 Å². The molecular weight excluding hydrogens is 426 g/mol. The number of aryl methyl sites for hydroxylation is 1. The zero-order chi connectivity index (χ0) is 23.3. The average Bonchev–Trinajstić information content (AvgIpc) is 2.90. The summed E-state index contributed by atoms with van der Waals surface area (Å²) in [5.74, 6) is 1.57. The van der Waals surface area contributed by atoms with Crippen molar-refractivity contribution >= 4 is 17.7 Å². The molecule has 3 aromatic rings. The van der Waals surface area contributed by atoms with Gasteiger partial charge in [-0.15, -0.1) is 0 Å². The fraction of sp³-hybridized carbons (Fsp3) is 0.370. The molecule has 0 N–H and O–H groups in total. The lowest BCUT2D eigenvalue weighted by Crippen LogP contribution is -2.50. The maximum atomic E-state index is 13.7. The number of benzene rings is 2. The molecule has 0 aliphatic carbocycles. The molecule has 0 unspecified atom stereocenters. The maximum Gasteiger partial charge on any atom is 0.234 e. The van der Waals surface area contributed by atoms with E-state index in [0.29, 0.717) is 26.3 Å². The quantitative estimate of drug-likeness (QED) is 0.587. The van der Waals surface area contributed by atoms with Gasteiger partial charge in [0.25, 0.3) is 0 Å². The Morgan fingerprint density at radius 1 is 0.794 bits per heavy atom. The molecule has 2 aliphatic heterocycles. The number of ether oxygens (including phenoxy) is 1. The first-order chi connectivity index (χ1) is 16.7. The van der Waals surface area contributed by atoms with Gasteiger partial charge in [0.05, 0.1) is 19.1 Å². The van der Waals surface area contributed by atoms with Crippen molar-refractivity contribution in [3.8, 4) is 0 Å². The van der Waals surface area contributed by atoms with Crippen LogP contribution in [0.2, 0.25) is 0 Å². The van der Waals surface area contributed by atoms with Crippen molar-refractivity contribution in [2.45, 2.75) is 12.8 Å². The van der Waals surface area contributed by atoms with Crippen LogP contribution in [0.15, 0.2) is 66.7 Å². The normalized spacial score (nSPS) is 16.7. The summed E-state index contributed by atoms with van der Waals surface area (Å²) < 4.78 is 5.47. The van der Waals surface area contributed by atoms with Gasteiger partial charge in [0, 0.05) is 51.0 Å². The second-order valence-electron chi connectivity index (χ2n) is 8.83. The van der Waals surface area contributed by atoms with Crippen LogP contribution in [0, 0.1) is 6.92 Å². The Morgan fingerprint density at radius 3 is 1.97 bits per heavy atom. The van der Waals surface area contributed by atoms with Gasteiger partial charge in [0.2, 0.25) is 11.9 Å². The van der Waals surface area contributed by atoms with Crippen molar-refractivity contribution < 1.29 is 9.53 Å². The van der Waals surface area contributed by atoms with Crippen LogP contribution in [0.5, 0.6) is 0 Å². The number of anilines is 2. The molecule has 0 saturated carbocycles. The van der Waals surface area contributed by atoms with Gasteiger partial charge in [0.1, 0.15) is 5.82 Å². The Morgan fingerprint density at radius 2 is 1.38 bits per heavy atom. The van der Waals surface area contributed by atoms with Gasteiger partial charge >= 0.3 is 0 Å². The third-order valence-electron chi connectivity index (χ3n) is 6.55. The minimum atomic E-state index is -0.289. The number of amides is 1. The summed E-state index contributed by atoms with van der Waals surface area (Å²) in [7, 11) is 0. The van der Waals surface area contributed by atoms with E-state index in [9.17, 15) is 4.79 Å². The average molecular weight is 458 g/mol. The molecule has 34 heavy (non-hydrogen) atoms. The molecule has 5 rings (SSSR count). The first-order valence-corrected chi connectivity index (χ1v) is 12.0. The van der Waals surface area contributed by atoms with Crippen LogP contribution >= 0.6 is 0 Å². The van der Waals surface area contributed by atoms with Gasteiger partial charge in [-0.2, -0.15) is 4.98 Å². The zero-order valence-corrected chi connectivity index (χ0v) is 19.6. The van der Waals surface area contributed by atoms with Crippen LogP contribution in [-0.2, 0) is 9.53 Å². The number of rotatable bonds is 5. The lowest BCUT2D eigenvalue weighted by Gasteiger charge is -2.37. The summed E-state index contributed by atoms with van der Waals surface area (Å²) in [6.07, 6.45) is 0. The summed E-state index contributed by atoms with van der Waals surface area (Å²) in [4.78, 5) is 29.7. The largest absolute Gasteiger partial charge is 0.378 e. The predicted octanol–water partition coefficient (Wildman–Crippen LogP) is 3.10. The van der Waals surface area contributed by atoms with Crippen molar-refractivity contribution in [3.05, 3.63) is 83.6 Å². The van der Waals surface area contributed by atoms with Gasteiger partial charge in [0.15, 0.2) is 0 Å². The number of hydrogen-bond acceptors (Lipinski definition) is 6. The summed E-state index contributed by atoms with van der Waals surface area (Å²) >= 11 is 0. The SMILES string of the molecule is Cc1cc(N2CCN(C(=O)C(c3ccccc3)c3ccccc3)CC2)nc(N2CCOCC2)n1. The lowest BCUT2D eigenvalue weighted by atomic mass is 9.90. The Kier molecular flexibility index (Phi) is 6.72. The lowest BCUT2D eigenvalue weighted by molar-refractivity contribution is -0.132. The molecule has 7 heteroatoms. The smallest absolute Gasteiger partial charge is 0.234 e. The van der Waals surface area contributed by atoms with E-state index >= 15 is 0 Å². The first-order valence-electron chi connectivity index (χ1n) is 12.0. The van der Waals surface area contributed by atoms with Gasteiger partial charge in [-0.3, -0.25) is 4.79 Å². The highest BCUT2D eigenvalue weighted by atomic mass is 16.5. The van der Waals surface area contributed by atoms with Crippen molar-refractivity contribution in [1.29, 1.82) is 0 Å². The molecule has 2 aliphatic rings. The molecule has 1 amide bonds. The van der Waals surface area contributed by atoms with Crippen LogP contribution in [0.1, 0.15) is 22.7 Å². The summed E-state index contributed by atoms with van der Waals surface area (Å²) in [6.45, 7) is 7.89. The van der Waals surface area contributed by atoms with Gasteiger partial charge in [-0.05, 0) is 18.1 Å². The third-order valence-corrected chi connectivity index (χ3v) is 6.55. The van der Waals surface area contributed by atoms with Gasteiger partial charge < -0.3 is 19.4 Å². The van der Waals surface area contributed by atoms with E-state index in [0.717, 1.165) is 54.8 Å². The number of morpholine rings is 1. The molecule has 0 bridgehead atoms. The van der Waals surface area contributed by atoms with Crippen molar-refractivity contribution in [1.82, 2.24) is 14.9 Å². The molecule has 2 fully saturated rings. The van der Waals surface area contributed by atoms with Crippen LogP contribution in [0.3, 0.4) is 0 Å². The molecule has 176 valence electrons. The monoisotopic (exact) mass is 457 g/mol. The van der Waals surface area contributed by atoms with Crippen LogP contribution in [-0.4, -0.2) is 73.3 Å². The Balaban J connectivity index is 1.31. The number of nitrogens with zero attached hydrogens (tertiary/aromatic N) is 5. The first kappa shape index (κ1) is 22.3. The molecule has 7 nitrogen and oxygen atoms in total. The molecule has 0 atom stereocenters. The number of carbonyl (C=O) groups excluding carboxylic acids is 1. The van der Waals surface area contributed by atoms with Crippen LogP contribution < -0.4 is 9.80 Å². The number of hydrogen-bond donors (Lipinski definition) is 0. The van der Waals surface area contributed by atoms with E-state index in [1.54, 1.807) is 0 Å². The van der Waals surface area contributed by atoms with Crippen molar-refractivity contribution in [2.24, 2.45) is 0 Å². The maximum absolute atomic E-state index is 13.7. The Hall–Kier alpha value is -3.45.